The number of Topliss-reactive ketones (excluding diaryl/α,β-unsaturated/α-hetero) is 1. The Morgan fingerprint density at radius 1 is 1.21 bits per heavy atom. The molecule has 2 atom stereocenters. The largest absolute Gasteiger partial charge is 0.463 e. The maximum atomic E-state index is 13.3. The molecule has 0 radical (unpaired) electrons. The Bertz CT molecular complexity index is 1070. The van der Waals surface area contributed by atoms with Crippen LogP contribution < -0.4 is 5.32 Å². The van der Waals surface area contributed by atoms with E-state index in [-0.39, 0.29) is 6.42 Å². The second-order valence-electron chi connectivity index (χ2n) is 7.97. The molecule has 1 aliphatic rings. The number of hydrogen-bond acceptors (Lipinski definition) is 7. The van der Waals surface area contributed by atoms with Crippen molar-refractivity contribution in [3.05, 3.63) is 42.2 Å². The van der Waals surface area contributed by atoms with Gasteiger partial charge < -0.3 is 14.9 Å². The normalized spacial score (nSPS) is 18.5. The van der Waals surface area contributed by atoms with Gasteiger partial charge in [0.2, 0.25) is 5.60 Å². The lowest BCUT2D eigenvalue weighted by Gasteiger charge is -2.30. The van der Waals surface area contributed by atoms with Crippen LogP contribution in [0.4, 0.5) is 8.78 Å². The summed E-state index contributed by atoms with van der Waals surface area (Å²) < 4.78 is 29.9. The number of carbonyl (C=O) groups is 3. The summed E-state index contributed by atoms with van der Waals surface area (Å²) in [6.45, 7) is 0.717. The lowest BCUT2D eigenvalue weighted by atomic mass is 9.83. The third kappa shape index (κ3) is 5.15. The van der Waals surface area contributed by atoms with Crippen molar-refractivity contribution in [2.45, 2.75) is 38.3 Å². The molecule has 2 heterocycles. The maximum Gasteiger partial charge on any atom is 0.308 e. The monoisotopic (exact) mass is 461 g/mol. The van der Waals surface area contributed by atoms with Gasteiger partial charge >= 0.3 is 5.97 Å². The molecule has 1 aromatic heterocycles. The molecule has 1 N–H and O–H groups in total. The van der Waals surface area contributed by atoms with Crippen molar-refractivity contribution in [1.29, 1.82) is 0 Å². The van der Waals surface area contributed by atoms with Gasteiger partial charge in [-0.15, -0.1) is 0 Å². The summed E-state index contributed by atoms with van der Waals surface area (Å²) in [5.74, 6) is -3.05. The average Bonchev–Trinajstić information content (AvgIpc) is 3.28. The Balaban J connectivity index is 1.82. The molecule has 33 heavy (non-hydrogen) atoms. The third-order valence-corrected chi connectivity index (χ3v) is 5.55. The van der Waals surface area contributed by atoms with Gasteiger partial charge in [-0.2, -0.15) is 0 Å². The molecule has 0 unspecified atom stereocenters. The predicted octanol–water partition coefficient (Wildman–Crippen LogP) is 2.68. The number of benzene rings is 1. The highest BCUT2D eigenvalue weighted by molar-refractivity contribution is 6.12. The van der Waals surface area contributed by atoms with Gasteiger partial charge in [0.05, 0.1) is 12.1 Å². The van der Waals surface area contributed by atoms with Crippen molar-refractivity contribution in [1.82, 2.24) is 10.3 Å². The average molecular weight is 461 g/mol. The first-order valence-corrected chi connectivity index (χ1v) is 10.5. The molecule has 1 aliphatic heterocycles. The summed E-state index contributed by atoms with van der Waals surface area (Å²) in [6.07, 6.45) is 1.07. The molecular weight excluding hydrogens is 436 g/mol. The molecule has 0 aliphatic carbocycles. The van der Waals surface area contributed by atoms with E-state index in [4.69, 9.17) is 4.84 Å². The van der Waals surface area contributed by atoms with Crippen LogP contribution in [0.2, 0.25) is 0 Å². The number of carbonyl (C=O) groups excluding carboxylic acids is 3. The number of esters is 1. The van der Waals surface area contributed by atoms with Gasteiger partial charge in [-0.05, 0) is 11.5 Å². The van der Waals surface area contributed by atoms with Crippen molar-refractivity contribution < 1.29 is 32.7 Å². The number of ketones is 1. The zero-order chi connectivity index (χ0) is 24.0. The second kappa shape index (κ2) is 10.5. The third-order valence-electron chi connectivity index (χ3n) is 5.55. The molecule has 0 saturated heterocycles. The highest BCUT2D eigenvalue weighted by atomic mass is 19.1. The van der Waals surface area contributed by atoms with Gasteiger partial charge in [-0.25, -0.2) is 8.78 Å². The second-order valence-corrected chi connectivity index (χ2v) is 7.97. The lowest BCUT2D eigenvalue weighted by molar-refractivity contribution is -0.153. The molecule has 0 bridgehead atoms. The van der Waals surface area contributed by atoms with E-state index in [0.717, 1.165) is 10.8 Å². The first-order chi connectivity index (χ1) is 15.8. The summed E-state index contributed by atoms with van der Waals surface area (Å²) in [5, 5.41) is 8.31. The number of rotatable bonds is 10. The van der Waals surface area contributed by atoms with Crippen LogP contribution in [0.25, 0.3) is 10.8 Å². The van der Waals surface area contributed by atoms with E-state index in [1.54, 1.807) is 20.0 Å². The van der Waals surface area contributed by atoms with Gasteiger partial charge in [0.25, 0.3) is 5.91 Å². The number of ether oxygens (including phenoxy) is 1. The quantitative estimate of drug-likeness (QED) is 0.545. The number of pyridine rings is 1. The fourth-order valence-electron chi connectivity index (χ4n) is 3.62. The van der Waals surface area contributed by atoms with Gasteiger partial charge in [0.1, 0.15) is 31.7 Å². The maximum absolute atomic E-state index is 13.3. The van der Waals surface area contributed by atoms with E-state index in [9.17, 15) is 23.2 Å². The molecule has 1 amide bonds. The van der Waals surface area contributed by atoms with Crippen LogP contribution in [0.1, 0.15) is 32.4 Å². The minimum atomic E-state index is -1.49. The van der Waals surface area contributed by atoms with Crippen LogP contribution in [0.5, 0.6) is 0 Å². The number of hydrogen-bond donors (Lipinski definition) is 1. The Hall–Kier alpha value is -3.43. The summed E-state index contributed by atoms with van der Waals surface area (Å²) in [4.78, 5) is 47.2. The van der Waals surface area contributed by atoms with Crippen LogP contribution >= 0.6 is 0 Å². The molecule has 10 heteroatoms. The van der Waals surface area contributed by atoms with Gasteiger partial charge in [0.15, 0.2) is 5.78 Å². The van der Waals surface area contributed by atoms with Crippen molar-refractivity contribution in [2.75, 3.05) is 20.0 Å². The van der Waals surface area contributed by atoms with Crippen LogP contribution in [-0.2, 0) is 24.0 Å². The zero-order valence-corrected chi connectivity index (χ0v) is 18.3. The number of amides is 1. The molecule has 8 nitrogen and oxygen atoms in total. The summed E-state index contributed by atoms with van der Waals surface area (Å²) >= 11 is 0. The number of alkyl halides is 2. The molecule has 2 aromatic rings. The zero-order valence-electron chi connectivity index (χ0n) is 18.3. The number of aromatic nitrogens is 1. The predicted molar refractivity (Wildman–Crippen MR) is 116 cm³/mol. The topological polar surface area (TPSA) is 107 Å². The Kier molecular flexibility index (Phi) is 7.67. The SMILES string of the molecule is CC(C)[C@@]1(C(=O)N[C@@H](CC(=O)OCCF)C(=O)CF)CC(c2nccc3ccccc23)=NO1. The number of nitrogens with one attached hydrogen (secondary N) is 1. The summed E-state index contributed by atoms with van der Waals surface area (Å²) in [7, 11) is 0. The van der Waals surface area contributed by atoms with Crippen molar-refractivity contribution in [3.63, 3.8) is 0 Å². The number of oxime groups is 1. The molecule has 3 rings (SSSR count). The van der Waals surface area contributed by atoms with Gasteiger partial charge in [0, 0.05) is 23.9 Å². The summed E-state index contributed by atoms with van der Waals surface area (Å²) in [6, 6.07) is 7.94. The molecule has 0 saturated carbocycles. The van der Waals surface area contributed by atoms with Crippen molar-refractivity contribution in [3.8, 4) is 0 Å². The van der Waals surface area contributed by atoms with Crippen molar-refractivity contribution >= 4 is 34.1 Å². The Morgan fingerprint density at radius 2 is 1.97 bits per heavy atom. The fraction of sp³-hybridized carbons (Fsp3) is 0.435. The smallest absolute Gasteiger partial charge is 0.308 e. The van der Waals surface area contributed by atoms with E-state index in [2.05, 4.69) is 20.2 Å². The fourth-order valence-corrected chi connectivity index (χ4v) is 3.62. The number of halogens is 2. The minimum Gasteiger partial charge on any atom is -0.463 e. The van der Waals surface area contributed by atoms with E-state index in [1.807, 2.05) is 30.3 Å². The van der Waals surface area contributed by atoms with Crippen molar-refractivity contribution in [2.24, 2.45) is 11.1 Å². The first kappa shape index (κ1) is 24.2. The Morgan fingerprint density at radius 3 is 2.67 bits per heavy atom. The first-order valence-electron chi connectivity index (χ1n) is 10.5. The van der Waals surface area contributed by atoms with Gasteiger partial charge in [-0.1, -0.05) is 43.3 Å². The highest BCUT2D eigenvalue weighted by Crippen LogP contribution is 2.35. The van der Waals surface area contributed by atoms with E-state index in [0.29, 0.717) is 11.4 Å². The molecule has 1 aromatic carbocycles. The highest BCUT2D eigenvalue weighted by Gasteiger charge is 2.50. The van der Waals surface area contributed by atoms with E-state index in [1.165, 1.54) is 0 Å². The van der Waals surface area contributed by atoms with Crippen LogP contribution in [0.15, 0.2) is 41.7 Å². The molecule has 176 valence electrons. The van der Waals surface area contributed by atoms with Crippen LogP contribution in [0, 0.1) is 5.92 Å². The number of fused-ring (bicyclic) bond motifs is 1. The van der Waals surface area contributed by atoms with Crippen LogP contribution in [-0.4, -0.2) is 60.0 Å². The molecular formula is C23H25F2N3O5. The standard InChI is InChI=1S/C23H25F2N3O5/c1-14(2)23(22(31)27-17(19(29)13-25)11-20(30)32-10-8-24)12-18(28-33-23)21-16-6-4-3-5-15(16)7-9-26-21/h3-7,9,14,17H,8,10-13H2,1-2H3,(H,27,31)/t17-,23+/m0/s1. The van der Waals surface area contributed by atoms with Gasteiger partial charge in [-0.3, -0.25) is 19.4 Å². The summed E-state index contributed by atoms with van der Waals surface area (Å²) in [5.41, 5.74) is -0.480. The van der Waals surface area contributed by atoms with Crippen LogP contribution in [0.3, 0.4) is 0 Å². The molecule has 0 fully saturated rings. The molecule has 0 spiro atoms. The van der Waals surface area contributed by atoms with E-state index < -0.39 is 61.6 Å². The lowest BCUT2D eigenvalue weighted by Crippen LogP contribution is -2.55. The number of nitrogens with zero attached hydrogens (tertiary/aromatic N) is 2. The van der Waals surface area contributed by atoms with E-state index >= 15 is 0 Å². The minimum absolute atomic E-state index is 0.0559. The Labute approximate surface area is 189 Å².